The average Bonchev–Trinajstić information content (AvgIpc) is 3.21. The van der Waals surface area contributed by atoms with E-state index in [9.17, 15) is 29.7 Å². The van der Waals surface area contributed by atoms with Gasteiger partial charge in [-0.2, -0.15) is 0 Å². The molecular formula is C24H28N4O6. The highest BCUT2D eigenvalue weighted by Crippen LogP contribution is 2.19. The van der Waals surface area contributed by atoms with E-state index in [-0.39, 0.29) is 18.6 Å². The first-order valence-electron chi connectivity index (χ1n) is 10.8. The lowest BCUT2D eigenvalue weighted by Crippen LogP contribution is -2.57. The van der Waals surface area contributed by atoms with Crippen molar-refractivity contribution in [1.29, 1.82) is 0 Å². The Bertz CT molecular complexity index is 1160. The molecule has 0 saturated heterocycles. The molecule has 3 rings (SSSR count). The number of rotatable bonds is 10. The smallest absolute Gasteiger partial charge is 0.326 e. The first kappa shape index (κ1) is 24.7. The Labute approximate surface area is 195 Å². The SMILES string of the molecule is C[C@@H](O)[C@H](N)C(=O)N[C@@H](Cc1c[nH]c2ccccc12)C(=O)N[C@@H](Cc1ccc(O)cc1)C(=O)O. The van der Waals surface area contributed by atoms with Gasteiger partial charge in [-0.15, -0.1) is 0 Å². The minimum atomic E-state index is -1.27. The van der Waals surface area contributed by atoms with Gasteiger partial charge in [0.1, 0.15) is 23.9 Å². The number of aliphatic hydroxyl groups is 1. The van der Waals surface area contributed by atoms with Gasteiger partial charge in [0.05, 0.1) is 6.10 Å². The summed E-state index contributed by atoms with van der Waals surface area (Å²) in [6.45, 7) is 1.36. The summed E-state index contributed by atoms with van der Waals surface area (Å²) in [5.74, 6) is -2.65. The Morgan fingerprint density at radius 1 is 0.971 bits per heavy atom. The van der Waals surface area contributed by atoms with Gasteiger partial charge in [-0.3, -0.25) is 9.59 Å². The van der Waals surface area contributed by atoms with Gasteiger partial charge in [0.25, 0.3) is 0 Å². The van der Waals surface area contributed by atoms with Crippen LogP contribution in [0, 0.1) is 0 Å². The second-order valence-corrected chi connectivity index (χ2v) is 8.16. The first-order valence-corrected chi connectivity index (χ1v) is 10.8. The number of hydrogen-bond acceptors (Lipinski definition) is 6. The topological polar surface area (TPSA) is 178 Å². The van der Waals surface area contributed by atoms with Crippen LogP contribution < -0.4 is 16.4 Å². The lowest BCUT2D eigenvalue weighted by Gasteiger charge is -2.23. The Morgan fingerprint density at radius 2 is 1.62 bits per heavy atom. The van der Waals surface area contributed by atoms with E-state index in [0.717, 1.165) is 16.5 Å². The Kier molecular flexibility index (Phi) is 7.87. The lowest BCUT2D eigenvalue weighted by molar-refractivity contribution is -0.142. The number of carboxylic acid groups (broad SMARTS) is 1. The number of nitrogens with two attached hydrogens (primary N) is 1. The van der Waals surface area contributed by atoms with Crippen LogP contribution in [0.1, 0.15) is 18.1 Å². The number of amides is 2. The van der Waals surface area contributed by atoms with Gasteiger partial charge in [-0.05, 0) is 36.2 Å². The van der Waals surface area contributed by atoms with Gasteiger partial charge in [-0.1, -0.05) is 30.3 Å². The number of aromatic amines is 1. The monoisotopic (exact) mass is 468 g/mol. The molecule has 10 heteroatoms. The molecule has 0 bridgehead atoms. The maximum Gasteiger partial charge on any atom is 0.326 e. The average molecular weight is 469 g/mol. The van der Waals surface area contributed by atoms with Crippen LogP contribution in [0.25, 0.3) is 10.9 Å². The fraction of sp³-hybridized carbons (Fsp3) is 0.292. The fourth-order valence-corrected chi connectivity index (χ4v) is 3.56. The van der Waals surface area contributed by atoms with Crippen molar-refractivity contribution in [2.24, 2.45) is 5.73 Å². The highest BCUT2D eigenvalue weighted by molar-refractivity contribution is 5.93. The van der Waals surface area contributed by atoms with E-state index in [1.165, 1.54) is 19.1 Å². The quantitative estimate of drug-likeness (QED) is 0.225. The lowest BCUT2D eigenvalue weighted by atomic mass is 10.0. The van der Waals surface area contributed by atoms with Crippen LogP contribution in [0.3, 0.4) is 0 Å². The number of carboxylic acids is 1. The number of carbonyl (C=O) groups is 3. The molecule has 0 radical (unpaired) electrons. The van der Waals surface area contributed by atoms with Crippen molar-refractivity contribution in [3.8, 4) is 5.75 Å². The zero-order valence-corrected chi connectivity index (χ0v) is 18.6. The molecule has 0 spiro atoms. The van der Waals surface area contributed by atoms with Gasteiger partial charge in [0.2, 0.25) is 11.8 Å². The normalized spacial score (nSPS) is 14.7. The molecule has 10 nitrogen and oxygen atoms in total. The van der Waals surface area contributed by atoms with Crippen LogP contribution in [-0.2, 0) is 27.2 Å². The van der Waals surface area contributed by atoms with Crippen LogP contribution in [0.2, 0.25) is 0 Å². The molecule has 1 aromatic heterocycles. The number of benzene rings is 2. The van der Waals surface area contributed by atoms with E-state index in [1.807, 2.05) is 24.3 Å². The fourth-order valence-electron chi connectivity index (χ4n) is 3.56. The van der Waals surface area contributed by atoms with Crippen molar-refractivity contribution < 1.29 is 29.7 Å². The second kappa shape index (κ2) is 10.8. The summed E-state index contributed by atoms with van der Waals surface area (Å²) in [5.41, 5.74) is 7.91. The van der Waals surface area contributed by atoms with E-state index in [0.29, 0.717) is 5.56 Å². The molecule has 2 aromatic carbocycles. The van der Waals surface area contributed by atoms with Gasteiger partial charge >= 0.3 is 5.97 Å². The van der Waals surface area contributed by atoms with Crippen molar-refractivity contribution in [3.05, 3.63) is 65.9 Å². The molecule has 0 fully saturated rings. The molecule has 34 heavy (non-hydrogen) atoms. The summed E-state index contributed by atoms with van der Waals surface area (Å²) in [6, 6.07) is 9.73. The number of para-hydroxylation sites is 1. The molecule has 4 atom stereocenters. The summed E-state index contributed by atoms with van der Waals surface area (Å²) in [6.07, 6.45) is 0.622. The third kappa shape index (κ3) is 6.12. The summed E-state index contributed by atoms with van der Waals surface area (Å²) in [4.78, 5) is 40.6. The molecule has 0 aliphatic rings. The van der Waals surface area contributed by atoms with Gasteiger partial charge in [0, 0.05) is 29.9 Å². The van der Waals surface area contributed by atoms with Gasteiger partial charge in [0.15, 0.2) is 0 Å². The Hall–Kier alpha value is -3.89. The Morgan fingerprint density at radius 3 is 2.26 bits per heavy atom. The van der Waals surface area contributed by atoms with Crippen molar-refractivity contribution in [1.82, 2.24) is 15.6 Å². The van der Waals surface area contributed by atoms with E-state index >= 15 is 0 Å². The van der Waals surface area contributed by atoms with Crippen LogP contribution >= 0.6 is 0 Å². The number of fused-ring (bicyclic) bond motifs is 1. The highest BCUT2D eigenvalue weighted by atomic mass is 16.4. The molecular weight excluding hydrogens is 440 g/mol. The van der Waals surface area contributed by atoms with Crippen LogP contribution in [0.5, 0.6) is 5.75 Å². The van der Waals surface area contributed by atoms with E-state index < -0.39 is 42.0 Å². The number of aromatic nitrogens is 1. The summed E-state index contributed by atoms with van der Waals surface area (Å²) in [7, 11) is 0. The predicted molar refractivity (Wildman–Crippen MR) is 125 cm³/mol. The molecule has 3 aromatic rings. The largest absolute Gasteiger partial charge is 0.508 e. The number of H-pyrrole nitrogens is 1. The van der Waals surface area contributed by atoms with Crippen LogP contribution in [0.15, 0.2) is 54.7 Å². The minimum Gasteiger partial charge on any atom is -0.508 e. The van der Waals surface area contributed by atoms with Crippen molar-refractivity contribution in [3.63, 3.8) is 0 Å². The van der Waals surface area contributed by atoms with E-state index in [2.05, 4.69) is 15.6 Å². The number of aromatic hydroxyl groups is 1. The zero-order valence-electron chi connectivity index (χ0n) is 18.6. The van der Waals surface area contributed by atoms with Crippen molar-refractivity contribution in [2.45, 2.75) is 44.0 Å². The van der Waals surface area contributed by atoms with E-state index in [4.69, 9.17) is 5.73 Å². The third-order valence-corrected chi connectivity index (χ3v) is 5.55. The molecule has 8 N–H and O–H groups in total. The second-order valence-electron chi connectivity index (χ2n) is 8.16. The summed E-state index contributed by atoms with van der Waals surface area (Å²) < 4.78 is 0. The number of hydrogen-bond donors (Lipinski definition) is 7. The third-order valence-electron chi connectivity index (χ3n) is 5.55. The van der Waals surface area contributed by atoms with Crippen molar-refractivity contribution in [2.75, 3.05) is 0 Å². The zero-order chi connectivity index (χ0) is 24.8. The van der Waals surface area contributed by atoms with Crippen molar-refractivity contribution >= 4 is 28.7 Å². The standard InChI is InChI=1S/C24H28N4O6/c1-13(29)21(25)23(32)27-19(11-15-12-26-18-5-3-2-4-17(15)18)22(31)28-20(24(33)34)10-14-6-8-16(30)9-7-14/h2-9,12-13,19-21,26,29-30H,10-11,25H2,1H3,(H,27,32)(H,28,31)(H,33,34)/t13-,19+,20+,21+/m1/s1. The van der Waals surface area contributed by atoms with Gasteiger partial charge < -0.3 is 36.7 Å². The Balaban J connectivity index is 1.82. The number of aliphatic carboxylic acids is 1. The molecule has 0 aliphatic carbocycles. The number of carbonyl (C=O) groups excluding carboxylic acids is 2. The van der Waals surface area contributed by atoms with Crippen LogP contribution in [0.4, 0.5) is 0 Å². The number of phenolic OH excluding ortho intramolecular Hbond substituents is 1. The molecule has 0 unspecified atom stereocenters. The summed E-state index contributed by atoms with van der Waals surface area (Å²) in [5, 5.41) is 34.6. The maximum absolute atomic E-state index is 13.1. The highest BCUT2D eigenvalue weighted by Gasteiger charge is 2.30. The molecule has 2 amide bonds. The predicted octanol–water partition coefficient (Wildman–Crippen LogP) is 0.421. The maximum atomic E-state index is 13.1. The molecule has 180 valence electrons. The minimum absolute atomic E-state index is 0.0255. The molecule has 0 saturated carbocycles. The summed E-state index contributed by atoms with van der Waals surface area (Å²) >= 11 is 0. The molecule has 0 aliphatic heterocycles. The number of phenols is 1. The van der Waals surface area contributed by atoms with E-state index in [1.54, 1.807) is 18.3 Å². The first-order chi connectivity index (χ1) is 16.2. The van der Waals surface area contributed by atoms with Gasteiger partial charge in [-0.25, -0.2) is 4.79 Å². The van der Waals surface area contributed by atoms with Crippen LogP contribution in [-0.4, -0.2) is 62.3 Å². The number of aliphatic hydroxyl groups excluding tert-OH is 1. The number of nitrogens with one attached hydrogen (secondary N) is 3. The molecule has 1 heterocycles.